The van der Waals surface area contributed by atoms with Gasteiger partial charge in [0.1, 0.15) is 0 Å². The molecule has 0 aliphatic heterocycles. The molecule has 2 heterocycles. The van der Waals surface area contributed by atoms with Crippen molar-refractivity contribution >= 4 is 43.6 Å². The van der Waals surface area contributed by atoms with Gasteiger partial charge in [0.2, 0.25) is 0 Å². The van der Waals surface area contributed by atoms with Crippen LogP contribution in [0, 0.1) is 25.2 Å². The highest BCUT2D eigenvalue weighted by Gasteiger charge is 2.38. The number of alkyl halides is 6. The summed E-state index contributed by atoms with van der Waals surface area (Å²) in [4.78, 5) is 0. The number of rotatable bonds is 6. The number of hydrogen-bond acceptors (Lipinski definition) is 1. The zero-order chi connectivity index (χ0) is 47.1. The standard InChI is InChI=1S/C59H37F6N3/c1-35-11-3-5-13-42(35)38-21-27-55-49(30-38)45-15-7-9-17-52(45)67(55)54-26-19-37(34-66)29-48(54)47-24-20-40(44-25-23-41(58(60,61)62)33-51(44)59(63,64)65)32-57(47)68-53-18-10-8-16-46(53)50-31-39(22-28-56(50)68)43-14-6-4-12-36(43)2/h3-33H,1-2H3. The molecule has 0 radical (unpaired) electrons. The summed E-state index contributed by atoms with van der Waals surface area (Å²) in [5.41, 5.74) is 9.28. The Hall–Kier alpha value is -8.35. The minimum Gasteiger partial charge on any atom is -0.309 e. The Morgan fingerprint density at radius 2 is 0.868 bits per heavy atom. The predicted molar refractivity (Wildman–Crippen MR) is 261 cm³/mol. The predicted octanol–water partition coefficient (Wildman–Crippen LogP) is 17.1. The summed E-state index contributed by atoms with van der Waals surface area (Å²) >= 11 is 0. The van der Waals surface area contributed by atoms with Crippen molar-refractivity contribution in [1.82, 2.24) is 9.13 Å². The van der Waals surface area contributed by atoms with Crippen molar-refractivity contribution in [1.29, 1.82) is 5.26 Å². The molecule has 9 aromatic carbocycles. The van der Waals surface area contributed by atoms with Gasteiger partial charge in [-0.15, -0.1) is 0 Å². The molecular weight excluding hydrogens is 865 g/mol. The summed E-state index contributed by atoms with van der Waals surface area (Å²) in [6.07, 6.45) is -10.1. The second kappa shape index (κ2) is 15.9. The van der Waals surface area contributed by atoms with E-state index in [1.165, 1.54) is 6.07 Å². The molecule has 0 bridgehead atoms. The van der Waals surface area contributed by atoms with Crippen molar-refractivity contribution in [3.05, 3.63) is 216 Å². The van der Waals surface area contributed by atoms with Crippen molar-refractivity contribution < 1.29 is 26.3 Å². The highest BCUT2D eigenvalue weighted by atomic mass is 19.4. The van der Waals surface area contributed by atoms with Crippen LogP contribution in [0.3, 0.4) is 0 Å². The van der Waals surface area contributed by atoms with Crippen LogP contribution in [0.1, 0.15) is 27.8 Å². The first-order chi connectivity index (χ1) is 32.8. The van der Waals surface area contributed by atoms with Gasteiger partial charge in [-0.1, -0.05) is 115 Å². The number of nitrogens with zero attached hydrogens (tertiary/aromatic N) is 3. The van der Waals surface area contributed by atoms with E-state index in [9.17, 15) is 31.6 Å². The van der Waals surface area contributed by atoms with Gasteiger partial charge in [-0.2, -0.15) is 31.6 Å². The molecule has 0 amide bonds. The maximum absolute atomic E-state index is 14.9. The van der Waals surface area contributed by atoms with E-state index in [0.29, 0.717) is 34.1 Å². The lowest BCUT2D eigenvalue weighted by atomic mass is 9.92. The molecule has 3 nitrogen and oxygen atoms in total. The average Bonchev–Trinajstić information content (AvgIpc) is 3.85. The van der Waals surface area contributed by atoms with Crippen LogP contribution in [0.25, 0.3) is 99.5 Å². The highest BCUT2D eigenvalue weighted by molar-refractivity contribution is 6.13. The topological polar surface area (TPSA) is 33.6 Å². The number of aromatic nitrogens is 2. The molecular formula is C59H37F6N3. The molecule has 0 fully saturated rings. The Morgan fingerprint density at radius 3 is 1.41 bits per heavy atom. The van der Waals surface area contributed by atoms with Gasteiger partial charge in [0.25, 0.3) is 0 Å². The van der Waals surface area contributed by atoms with E-state index >= 15 is 0 Å². The van der Waals surface area contributed by atoms with E-state index in [0.717, 1.165) is 83.1 Å². The lowest BCUT2D eigenvalue weighted by Gasteiger charge is -2.21. The highest BCUT2D eigenvalue weighted by Crippen LogP contribution is 2.46. The van der Waals surface area contributed by atoms with Gasteiger partial charge in [-0.3, -0.25) is 0 Å². The SMILES string of the molecule is Cc1ccccc1-c1ccc2c(c1)c1ccccc1n2-c1ccc(C#N)cc1-c1ccc(-c2ccc(C(F)(F)F)cc2C(F)(F)F)cc1-n1c2ccccc2c2cc(-c3ccccc3C)ccc21. The van der Waals surface area contributed by atoms with Gasteiger partial charge in [0, 0.05) is 32.7 Å². The van der Waals surface area contributed by atoms with Crippen molar-refractivity contribution in [2.24, 2.45) is 0 Å². The zero-order valence-corrected chi connectivity index (χ0v) is 36.5. The van der Waals surface area contributed by atoms with Crippen molar-refractivity contribution in [3.63, 3.8) is 0 Å². The van der Waals surface area contributed by atoms with E-state index < -0.39 is 29.0 Å². The number of nitriles is 1. The molecule has 0 saturated carbocycles. The Morgan fingerprint density at radius 1 is 0.382 bits per heavy atom. The molecule has 330 valence electrons. The van der Waals surface area contributed by atoms with E-state index in [1.54, 1.807) is 24.3 Å². The Bertz CT molecular complexity index is 3880. The fraction of sp³-hybridized carbons (Fsp3) is 0.0678. The van der Waals surface area contributed by atoms with Gasteiger partial charge in [-0.25, -0.2) is 0 Å². The van der Waals surface area contributed by atoms with E-state index in [2.05, 4.69) is 66.1 Å². The minimum absolute atomic E-state index is 0.0610. The molecule has 2 aromatic heterocycles. The Kier molecular flexibility index (Phi) is 9.90. The zero-order valence-electron chi connectivity index (χ0n) is 36.5. The van der Waals surface area contributed by atoms with Crippen molar-refractivity contribution in [2.45, 2.75) is 26.2 Å². The smallest absolute Gasteiger partial charge is 0.309 e. The number of fused-ring (bicyclic) bond motifs is 6. The molecule has 68 heavy (non-hydrogen) atoms. The Labute approximate surface area is 387 Å². The summed E-state index contributed by atoms with van der Waals surface area (Å²) in [6.45, 7) is 4.13. The maximum atomic E-state index is 14.9. The van der Waals surface area contributed by atoms with Crippen LogP contribution in [0.15, 0.2) is 188 Å². The molecule has 9 heteroatoms. The van der Waals surface area contributed by atoms with Gasteiger partial charge in [-0.05, 0) is 131 Å². The minimum atomic E-state index is -5.11. The van der Waals surface area contributed by atoms with Crippen LogP contribution in [0.4, 0.5) is 26.3 Å². The number of hydrogen-bond donors (Lipinski definition) is 0. The van der Waals surface area contributed by atoms with Gasteiger partial charge in [0.15, 0.2) is 0 Å². The summed E-state index contributed by atoms with van der Waals surface area (Å²) < 4.78 is 90.8. The number of para-hydroxylation sites is 2. The number of halogens is 6. The Balaban J connectivity index is 1.23. The van der Waals surface area contributed by atoms with Crippen LogP contribution >= 0.6 is 0 Å². The van der Waals surface area contributed by atoms with Gasteiger partial charge >= 0.3 is 12.4 Å². The summed E-state index contributed by atoms with van der Waals surface area (Å²) in [5, 5.41) is 14.2. The second-order valence-electron chi connectivity index (χ2n) is 17.1. The van der Waals surface area contributed by atoms with Crippen molar-refractivity contribution in [3.8, 4) is 62.0 Å². The maximum Gasteiger partial charge on any atom is 0.417 e. The van der Waals surface area contributed by atoms with Gasteiger partial charge in [0.05, 0.1) is 56.2 Å². The monoisotopic (exact) mass is 901 g/mol. The quantitative estimate of drug-likeness (QED) is 0.153. The average molecular weight is 902 g/mol. The molecule has 11 aromatic rings. The van der Waals surface area contributed by atoms with Crippen LogP contribution in [-0.4, -0.2) is 9.13 Å². The first kappa shape index (κ1) is 42.3. The molecule has 11 rings (SSSR count). The molecule has 0 unspecified atom stereocenters. The molecule has 0 saturated heterocycles. The fourth-order valence-electron chi connectivity index (χ4n) is 9.93. The third-order valence-electron chi connectivity index (χ3n) is 13.1. The van der Waals surface area contributed by atoms with Crippen LogP contribution in [0.2, 0.25) is 0 Å². The number of aryl methyl sites for hydroxylation is 2. The molecule has 0 aliphatic rings. The van der Waals surface area contributed by atoms with Crippen LogP contribution in [0.5, 0.6) is 0 Å². The lowest BCUT2D eigenvalue weighted by molar-refractivity contribution is -0.142. The van der Waals surface area contributed by atoms with Crippen LogP contribution < -0.4 is 0 Å². The van der Waals surface area contributed by atoms with E-state index in [4.69, 9.17) is 0 Å². The first-order valence-corrected chi connectivity index (χ1v) is 21.9. The lowest BCUT2D eigenvalue weighted by Crippen LogP contribution is -2.12. The third kappa shape index (κ3) is 6.99. The van der Waals surface area contributed by atoms with E-state index in [1.807, 2.05) is 102 Å². The van der Waals surface area contributed by atoms with Crippen molar-refractivity contribution in [2.75, 3.05) is 0 Å². The molecule has 0 spiro atoms. The normalized spacial score (nSPS) is 12.1. The summed E-state index contributed by atoms with van der Waals surface area (Å²) in [5.74, 6) is 0. The summed E-state index contributed by atoms with van der Waals surface area (Å²) in [6, 6.07) is 59.0. The molecule has 0 N–H and O–H groups in total. The largest absolute Gasteiger partial charge is 0.417 e. The van der Waals surface area contributed by atoms with Crippen LogP contribution in [-0.2, 0) is 12.4 Å². The summed E-state index contributed by atoms with van der Waals surface area (Å²) in [7, 11) is 0. The molecule has 0 atom stereocenters. The fourth-order valence-corrected chi connectivity index (χ4v) is 9.93. The second-order valence-corrected chi connectivity index (χ2v) is 17.1. The van der Waals surface area contributed by atoms with Gasteiger partial charge < -0.3 is 9.13 Å². The number of benzene rings is 9. The van der Waals surface area contributed by atoms with E-state index in [-0.39, 0.29) is 11.6 Å². The third-order valence-corrected chi connectivity index (χ3v) is 13.1. The molecule has 0 aliphatic carbocycles. The first-order valence-electron chi connectivity index (χ1n) is 21.9.